The molecule has 2 aromatic rings. The Bertz CT molecular complexity index is 971. The van der Waals surface area contributed by atoms with Crippen LogP contribution in [0.3, 0.4) is 0 Å². The van der Waals surface area contributed by atoms with E-state index in [1.807, 2.05) is 20.8 Å². The summed E-state index contributed by atoms with van der Waals surface area (Å²) in [5.74, 6) is 0.649. The fourth-order valence-electron chi connectivity index (χ4n) is 2.35. The van der Waals surface area contributed by atoms with Gasteiger partial charge in [0, 0.05) is 22.4 Å². The van der Waals surface area contributed by atoms with Crippen molar-refractivity contribution in [2.45, 2.75) is 34.6 Å². The van der Waals surface area contributed by atoms with E-state index < -0.39 is 5.41 Å². The van der Waals surface area contributed by atoms with E-state index in [0.29, 0.717) is 39.7 Å². The van der Waals surface area contributed by atoms with Crippen molar-refractivity contribution < 1.29 is 14.3 Å². The maximum Gasteiger partial charge on any atom is 0.257 e. The van der Waals surface area contributed by atoms with Crippen LogP contribution in [0, 0.1) is 11.3 Å². The lowest BCUT2D eigenvalue weighted by atomic mass is 9.95. The standard InChI is InChI=1S/C23H28BrN3O3S/c1-14(2)13-30-19-10-9-15(11-18(19)24)20(28)27-22(31)26-17-8-6-7-16(12-17)25-21(29)23(3,4)5/h6-12,14H,13H2,1-5H3,(H,25,29)(H2,26,27,28,31). The molecule has 0 fully saturated rings. The number of carbonyl (C=O) groups excluding carboxylic acids is 2. The lowest BCUT2D eigenvalue weighted by Crippen LogP contribution is -2.34. The monoisotopic (exact) mass is 505 g/mol. The fraction of sp³-hybridized carbons (Fsp3) is 0.348. The van der Waals surface area contributed by atoms with Gasteiger partial charge < -0.3 is 15.4 Å². The van der Waals surface area contributed by atoms with Crippen LogP contribution < -0.4 is 20.7 Å². The first-order valence-corrected chi connectivity index (χ1v) is 11.1. The third-order valence-electron chi connectivity index (χ3n) is 4.05. The minimum Gasteiger partial charge on any atom is -0.492 e. The Balaban J connectivity index is 1.98. The highest BCUT2D eigenvalue weighted by Crippen LogP contribution is 2.26. The number of rotatable bonds is 6. The molecule has 2 rings (SSSR count). The molecule has 0 aliphatic heterocycles. The van der Waals surface area contributed by atoms with Crippen LogP contribution in [0.25, 0.3) is 0 Å². The minimum atomic E-state index is -0.504. The summed E-state index contributed by atoms with van der Waals surface area (Å²) in [5, 5.41) is 8.64. The van der Waals surface area contributed by atoms with Gasteiger partial charge in [0.15, 0.2) is 5.11 Å². The molecule has 8 heteroatoms. The number of amides is 2. The molecule has 0 heterocycles. The van der Waals surface area contributed by atoms with Crippen LogP contribution in [-0.4, -0.2) is 23.5 Å². The Morgan fingerprint density at radius 2 is 1.71 bits per heavy atom. The first kappa shape index (κ1) is 24.8. The third-order valence-corrected chi connectivity index (χ3v) is 4.88. The van der Waals surface area contributed by atoms with Crippen LogP contribution in [0.4, 0.5) is 11.4 Å². The van der Waals surface area contributed by atoms with Gasteiger partial charge in [-0.1, -0.05) is 40.7 Å². The molecule has 166 valence electrons. The molecule has 0 spiro atoms. The number of hydrogen-bond donors (Lipinski definition) is 3. The zero-order valence-electron chi connectivity index (χ0n) is 18.3. The number of ether oxygens (including phenoxy) is 1. The predicted molar refractivity (Wildman–Crippen MR) is 133 cm³/mol. The second-order valence-electron chi connectivity index (χ2n) is 8.54. The molecular formula is C23H28BrN3O3S. The van der Waals surface area contributed by atoms with Crippen LogP contribution in [0.15, 0.2) is 46.9 Å². The zero-order chi connectivity index (χ0) is 23.2. The maximum absolute atomic E-state index is 12.5. The molecule has 6 nitrogen and oxygen atoms in total. The highest BCUT2D eigenvalue weighted by Gasteiger charge is 2.21. The minimum absolute atomic E-state index is 0.0908. The van der Waals surface area contributed by atoms with E-state index >= 15 is 0 Å². The van der Waals surface area contributed by atoms with Gasteiger partial charge in [-0.3, -0.25) is 14.9 Å². The molecule has 0 atom stereocenters. The summed E-state index contributed by atoms with van der Waals surface area (Å²) in [6, 6.07) is 12.2. The van der Waals surface area contributed by atoms with Crippen molar-refractivity contribution in [1.29, 1.82) is 0 Å². The Morgan fingerprint density at radius 3 is 2.29 bits per heavy atom. The summed E-state index contributed by atoms with van der Waals surface area (Å²) in [6.45, 7) is 10.3. The topological polar surface area (TPSA) is 79.5 Å². The number of nitrogens with one attached hydrogen (secondary N) is 3. The number of benzene rings is 2. The Hall–Kier alpha value is -2.45. The van der Waals surface area contributed by atoms with Gasteiger partial charge in [0.05, 0.1) is 11.1 Å². The van der Waals surface area contributed by atoms with Gasteiger partial charge >= 0.3 is 0 Å². The number of thiocarbonyl (C=S) groups is 1. The molecule has 0 unspecified atom stereocenters. The van der Waals surface area contributed by atoms with Crippen LogP contribution >= 0.6 is 28.1 Å². The van der Waals surface area contributed by atoms with E-state index in [-0.39, 0.29) is 16.9 Å². The van der Waals surface area contributed by atoms with Gasteiger partial charge in [-0.2, -0.15) is 0 Å². The molecule has 0 bridgehead atoms. The first-order valence-electron chi connectivity index (χ1n) is 9.92. The summed E-state index contributed by atoms with van der Waals surface area (Å²) >= 11 is 8.70. The number of halogens is 1. The quantitative estimate of drug-likeness (QED) is 0.445. The van der Waals surface area contributed by atoms with E-state index in [2.05, 4.69) is 45.7 Å². The van der Waals surface area contributed by atoms with Crippen molar-refractivity contribution in [3.8, 4) is 5.75 Å². The molecule has 0 aliphatic rings. The summed E-state index contributed by atoms with van der Waals surface area (Å²) in [4.78, 5) is 24.7. The number of anilines is 2. The normalized spacial score (nSPS) is 11.1. The molecule has 2 aromatic carbocycles. The van der Waals surface area contributed by atoms with Crippen molar-refractivity contribution in [3.05, 3.63) is 52.5 Å². The van der Waals surface area contributed by atoms with Crippen LogP contribution in [0.2, 0.25) is 0 Å². The van der Waals surface area contributed by atoms with E-state index in [1.165, 1.54) is 0 Å². The van der Waals surface area contributed by atoms with Crippen molar-refractivity contribution in [3.63, 3.8) is 0 Å². The highest BCUT2D eigenvalue weighted by molar-refractivity contribution is 9.10. The van der Waals surface area contributed by atoms with Crippen LogP contribution in [-0.2, 0) is 4.79 Å². The molecule has 0 aliphatic carbocycles. The zero-order valence-corrected chi connectivity index (χ0v) is 20.7. The lowest BCUT2D eigenvalue weighted by Gasteiger charge is -2.18. The Kier molecular flexibility index (Phi) is 8.59. The molecule has 0 saturated carbocycles. The summed E-state index contributed by atoms with van der Waals surface area (Å²) in [5.41, 5.74) is 1.23. The van der Waals surface area contributed by atoms with E-state index in [9.17, 15) is 9.59 Å². The van der Waals surface area contributed by atoms with Gasteiger partial charge in [0.25, 0.3) is 5.91 Å². The number of hydrogen-bond acceptors (Lipinski definition) is 4. The largest absolute Gasteiger partial charge is 0.492 e. The molecule has 3 N–H and O–H groups in total. The van der Waals surface area contributed by atoms with Gasteiger partial charge in [-0.05, 0) is 70.5 Å². The highest BCUT2D eigenvalue weighted by atomic mass is 79.9. The molecule has 0 saturated heterocycles. The molecule has 2 amide bonds. The Morgan fingerprint density at radius 1 is 1.06 bits per heavy atom. The summed E-state index contributed by atoms with van der Waals surface area (Å²) in [7, 11) is 0. The second-order valence-corrected chi connectivity index (χ2v) is 9.81. The van der Waals surface area contributed by atoms with Crippen molar-refractivity contribution in [2.75, 3.05) is 17.2 Å². The number of carbonyl (C=O) groups is 2. The lowest BCUT2D eigenvalue weighted by molar-refractivity contribution is -0.123. The molecule has 0 aromatic heterocycles. The molecule has 0 radical (unpaired) electrons. The van der Waals surface area contributed by atoms with Crippen molar-refractivity contribution in [1.82, 2.24) is 5.32 Å². The first-order chi connectivity index (χ1) is 14.5. The van der Waals surface area contributed by atoms with E-state index in [0.717, 1.165) is 0 Å². The van der Waals surface area contributed by atoms with Crippen molar-refractivity contribution in [2.24, 2.45) is 11.3 Å². The third kappa shape index (κ3) is 7.95. The van der Waals surface area contributed by atoms with Crippen molar-refractivity contribution >= 4 is 56.4 Å². The van der Waals surface area contributed by atoms with Gasteiger partial charge in [0.2, 0.25) is 5.91 Å². The van der Waals surface area contributed by atoms with Crippen LogP contribution in [0.1, 0.15) is 45.0 Å². The van der Waals surface area contributed by atoms with E-state index in [4.69, 9.17) is 17.0 Å². The van der Waals surface area contributed by atoms with E-state index in [1.54, 1.807) is 42.5 Å². The smallest absolute Gasteiger partial charge is 0.257 e. The van der Waals surface area contributed by atoms with Gasteiger partial charge in [-0.15, -0.1) is 0 Å². The SMILES string of the molecule is CC(C)COc1ccc(C(=O)NC(=S)Nc2cccc(NC(=O)C(C)(C)C)c2)cc1Br. The fourth-order valence-corrected chi connectivity index (χ4v) is 3.05. The second kappa shape index (κ2) is 10.7. The van der Waals surface area contributed by atoms with Gasteiger partial charge in [0.1, 0.15) is 5.75 Å². The predicted octanol–water partition coefficient (Wildman–Crippen LogP) is 5.60. The average molecular weight is 506 g/mol. The maximum atomic E-state index is 12.5. The Labute approximate surface area is 197 Å². The summed E-state index contributed by atoms with van der Waals surface area (Å²) < 4.78 is 6.40. The van der Waals surface area contributed by atoms with Crippen LogP contribution in [0.5, 0.6) is 5.75 Å². The molecule has 31 heavy (non-hydrogen) atoms. The molecular weight excluding hydrogens is 478 g/mol. The van der Waals surface area contributed by atoms with Gasteiger partial charge in [-0.25, -0.2) is 0 Å². The average Bonchev–Trinajstić information content (AvgIpc) is 2.66. The summed E-state index contributed by atoms with van der Waals surface area (Å²) in [6.07, 6.45) is 0.